The van der Waals surface area contributed by atoms with Gasteiger partial charge in [0, 0.05) is 29.6 Å². The summed E-state index contributed by atoms with van der Waals surface area (Å²) in [4.78, 5) is 36.0. The lowest BCUT2D eigenvalue weighted by Gasteiger charge is -2.16. The predicted octanol–water partition coefficient (Wildman–Crippen LogP) is 5.34. The molecule has 3 aromatic carbocycles. The zero-order valence-electron chi connectivity index (χ0n) is 19.7. The van der Waals surface area contributed by atoms with Gasteiger partial charge < -0.3 is 15.2 Å². The van der Waals surface area contributed by atoms with Gasteiger partial charge in [-0.25, -0.2) is 4.79 Å². The van der Waals surface area contributed by atoms with Gasteiger partial charge >= 0.3 is 12.1 Å². The molecule has 1 atom stereocenters. The summed E-state index contributed by atoms with van der Waals surface area (Å²) < 4.78 is 5.61. The Labute approximate surface area is 204 Å². The van der Waals surface area contributed by atoms with E-state index in [0.29, 0.717) is 17.7 Å². The maximum absolute atomic E-state index is 12.7. The largest absolute Gasteiger partial charge is 0.481 e. The average molecular weight is 473 g/mol. The zero-order valence-corrected chi connectivity index (χ0v) is 19.7. The van der Waals surface area contributed by atoms with Crippen LogP contribution in [0.2, 0.25) is 0 Å². The van der Waals surface area contributed by atoms with Crippen LogP contribution >= 0.6 is 0 Å². The van der Waals surface area contributed by atoms with Crippen LogP contribution < -0.4 is 10.6 Å². The van der Waals surface area contributed by atoms with Crippen LogP contribution in [0.4, 0.5) is 10.5 Å². The maximum Gasteiger partial charge on any atom is 0.411 e. The molecule has 2 amide bonds. The summed E-state index contributed by atoms with van der Waals surface area (Å²) in [5, 5.41) is 14.3. The van der Waals surface area contributed by atoms with E-state index in [1.807, 2.05) is 31.2 Å². The second-order valence-corrected chi connectivity index (χ2v) is 8.79. The highest BCUT2D eigenvalue weighted by Gasteiger charge is 2.29. The number of aryl methyl sites for hydroxylation is 1. The summed E-state index contributed by atoms with van der Waals surface area (Å²) in [6.07, 6.45) is -0.288. The topological polar surface area (TPSA) is 105 Å². The molecule has 180 valence electrons. The summed E-state index contributed by atoms with van der Waals surface area (Å²) in [6.45, 7) is 3.78. The van der Waals surface area contributed by atoms with Gasteiger partial charge in [-0.3, -0.25) is 14.9 Å². The van der Waals surface area contributed by atoms with Crippen molar-refractivity contribution in [3.8, 4) is 11.1 Å². The molecule has 4 rings (SSSR count). The summed E-state index contributed by atoms with van der Waals surface area (Å²) in [7, 11) is 0. The van der Waals surface area contributed by atoms with Crippen molar-refractivity contribution >= 4 is 23.7 Å². The molecule has 7 nitrogen and oxygen atoms in total. The molecule has 0 saturated carbocycles. The Morgan fingerprint density at radius 2 is 1.60 bits per heavy atom. The summed E-state index contributed by atoms with van der Waals surface area (Å²) in [6, 6.07) is 21.0. The second kappa shape index (κ2) is 10.4. The Morgan fingerprint density at radius 1 is 0.971 bits per heavy atom. The number of carbonyl (C=O) groups is 3. The number of ether oxygens (including phenoxy) is 1. The molecule has 0 radical (unpaired) electrons. The minimum absolute atomic E-state index is 0.0239. The number of hydrogen-bond donors (Lipinski definition) is 3. The number of amides is 2. The molecule has 0 saturated heterocycles. The highest BCUT2D eigenvalue weighted by atomic mass is 16.5. The third-order valence-corrected chi connectivity index (χ3v) is 6.25. The van der Waals surface area contributed by atoms with Crippen LogP contribution in [0.1, 0.15) is 52.7 Å². The highest BCUT2D eigenvalue weighted by Crippen LogP contribution is 2.44. The summed E-state index contributed by atoms with van der Waals surface area (Å²) >= 11 is 0. The minimum Gasteiger partial charge on any atom is -0.481 e. The fourth-order valence-electron chi connectivity index (χ4n) is 4.36. The Kier molecular flexibility index (Phi) is 7.15. The van der Waals surface area contributed by atoms with E-state index in [9.17, 15) is 14.4 Å². The Bertz CT molecular complexity index is 1220. The SMILES string of the molecule is Cc1ccc(C(=O)NC(C)CCC(=O)O)cc1NC(=O)OCC1c2ccccc2-c2ccccc21. The first kappa shape index (κ1) is 24.0. The van der Waals surface area contributed by atoms with Crippen molar-refractivity contribution in [2.24, 2.45) is 0 Å². The van der Waals surface area contributed by atoms with Crippen LogP contribution in [0.3, 0.4) is 0 Å². The van der Waals surface area contributed by atoms with Crippen LogP contribution in [0.25, 0.3) is 11.1 Å². The number of rotatable bonds is 8. The molecule has 1 aliphatic rings. The lowest BCUT2D eigenvalue weighted by atomic mass is 9.98. The van der Waals surface area contributed by atoms with Gasteiger partial charge in [0.2, 0.25) is 0 Å². The first-order valence-electron chi connectivity index (χ1n) is 11.6. The van der Waals surface area contributed by atoms with Gasteiger partial charge in [-0.05, 0) is 60.2 Å². The number of anilines is 1. The molecular formula is C28H28N2O5. The molecule has 0 bridgehead atoms. The third kappa shape index (κ3) is 5.51. The van der Waals surface area contributed by atoms with Gasteiger partial charge in [0.1, 0.15) is 6.61 Å². The number of fused-ring (bicyclic) bond motifs is 3. The molecule has 0 aromatic heterocycles. The van der Waals surface area contributed by atoms with E-state index in [1.54, 1.807) is 25.1 Å². The number of carbonyl (C=O) groups excluding carboxylic acids is 2. The standard InChI is InChI=1S/C28H28N2O5/c1-17-11-13-19(27(33)29-18(2)12-14-26(31)32)15-25(17)30-28(34)35-16-24-22-9-5-3-7-20(22)21-8-4-6-10-23(21)24/h3-11,13,15,18,24H,12,14,16H2,1-2H3,(H,29,33)(H,30,34)(H,31,32). The van der Waals surface area contributed by atoms with Gasteiger partial charge in [0.15, 0.2) is 0 Å². The lowest BCUT2D eigenvalue weighted by Crippen LogP contribution is -2.33. The highest BCUT2D eigenvalue weighted by molar-refractivity contribution is 5.97. The molecule has 0 fully saturated rings. The maximum atomic E-state index is 12.7. The van der Waals surface area contributed by atoms with Crippen LogP contribution in [-0.2, 0) is 9.53 Å². The van der Waals surface area contributed by atoms with E-state index >= 15 is 0 Å². The van der Waals surface area contributed by atoms with E-state index in [1.165, 1.54) is 0 Å². The van der Waals surface area contributed by atoms with E-state index in [4.69, 9.17) is 9.84 Å². The van der Waals surface area contributed by atoms with Gasteiger partial charge in [-0.2, -0.15) is 0 Å². The van der Waals surface area contributed by atoms with Crippen molar-refractivity contribution in [3.63, 3.8) is 0 Å². The smallest absolute Gasteiger partial charge is 0.411 e. The van der Waals surface area contributed by atoms with Crippen molar-refractivity contribution < 1.29 is 24.2 Å². The first-order valence-corrected chi connectivity index (χ1v) is 11.6. The van der Waals surface area contributed by atoms with E-state index in [0.717, 1.165) is 27.8 Å². The van der Waals surface area contributed by atoms with Crippen molar-refractivity contribution in [3.05, 3.63) is 89.0 Å². The molecule has 1 unspecified atom stereocenters. The number of nitrogens with one attached hydrogen (secondary N) is 2. The number of carboxylic acid groups (broad SMARTS) is 1. The fraction of sp³-hybridized carbons (Fsp3) is 0.250. The Morgan fingerprint density at radius 3 is 2.23 bits per heavy atom. The number of benzene rings is 3. The van der Waals surface area contributed by atoms with Crippen LogP contribution in [-0.4, -0.2) is 35.7 Å². The monoisotopic (exact) mass is 472 g/mol. The van der Waals surface area contributed by atoms with E-state index < -0.39 is 12.1 Å². The lowest BCUT2D eigenvalue weighted by molar-refractivity contribution is -0.137. The molecular weight excluding hydrogens is 444 g/mol. The molecule has 0 aliphatic heterocycles. The molecule has 3 N–H and O–H groups in total. The fourth-order valence-corrected chi connectivity index (χ4v) is 4.36. The van der Waals surface area contributed by atoms with Crippen LogP contribution in [0.5, 0.6) is 0 Å². The zero-order chi connectivity index (χ0) is 24.9. The molecule has 0 heterocycles. The number of carboxylic acids is 1. The van der Waals surface area contributed by atoms with Crippen molar-refractivity contribution in [1.29, 1.82) is 0 Å². The first-order chi connectivity index (χ1) is 16.8. The Balaban J connectivity index is 1.40. The molecule has 7 heteroatoms. The molecule has 0 spiro atoms. The number of hydrogen-bond acceptors (Lipinski definition) is 4. The molecule has 1 aliphatic carbocycles. The van der Waals surface area contributed by atoms with Crippen LogP contribution in [0.15, 0.2) is 66.7 Å². The Hall–Kier alpha value is -4.13. The molecule has 3 aromatic rings. The van der Waals surface area contributed by atoms with Crippen LogP contribution in [0, 0.1) is 6.92 Å². The average Bonchev–Trinajstić information content (AvgIpc) is 3.16. The second-order valence-electron chi connectivity index (χ2n) is 8.79. The quantitative estimate of drug-likeness (QED) is 0.411. The van der Waals surface area contributed by atoms with E-state index in [-0.39, 0.29) is 30.9 Å². The van der Waals surface area contributed by atoms with Crippen molar-refractivity contribution in [2.75, 3.05) is 11.9 Å². The summed E-state index contributed by atoms with van der Waals surface area (Å²) in [5.74, 6) is -1.28. The minimum atomic E-state index is -0.906. The van der Waals surface area contributed by atoms with E-state index in [2.05, 4.69) is 34.9 Å². The van der Waals surface area contributed by atoms with Gasteiger partial charge in [-0.15, -0.1) is 0 Å². The van der Waals surface area contributed by atoms with Gasteiger partial charge in [0.05, 0.1) is 0 Å². The van der Waals surface area contributed by atoms with Gasteiger partial charge in [-0.1, -0.05) is 54.6 Å². The number of aliphatic carboxylic acids is 1. The summed E-state index contributed by atoms with van der Waals surface area (Å²) in [5.41, 5.74) is 6.21. The van der Waals surface area contributed by atoms with Gasteiger partial charge in [0.25, 0.3) is 5.91 Å². The normalized spacial score (nSPS) is 12.9. The third-order valence-electron chi connectivity index (χ3n) is 6.25. The molecule has 35 heavy (non-hydrogen) atoms. The predicted molar refractivity (Wildman–Crippen MR) is 134 cm³/mol. The van der Waals surface area contributed by atoms with Crippen molar-refractivity contribution in [2.45, 2.75) is 38.6 Å². The van der Waals surface area contributed by atoms with Crippen molar-refractivity contribution in [1.82, 2.24) is 5.32 Å².